The van der Waals surface area contributed by atoms with Crippen molar-refractivity contribution < 1.29 is 9.72 Å². The summed E-state index contributed by atoms with van der Waals surface area (Å²) in [5, 5.41) is 17.8. The van der Waals surface area contributed by atoms with Gasteiger partial charge >= 0.3 is 0 Å². The lowest BCUT2D eigenvalue weighted by Gasteiger charge is -2.46. The third kappa shape index (κ3) is 4.42. The van der Waals surface area contributed by atoms with Gasteiger partial charge in [0.05, 0.1) is 4.92 Å². The maximum Gasteiger partial charge on any atom is 0.283 e. The van der Waals surface area contributed by atoms with Gasteiger partial charge in [0.1, 0.15) is 5.56 Å². The topological polar surface area (TPSA) is 84.3 Å². The van der Waals surface area contributed by atoms with Gasteiger partial charge in [-0.05, 0) is 52.7 Å². The van der Waals surface area contributed by atoms with Gasteiger partial charge in [-0.2, -0.15) is 0 Å². The molecule has 6 nitrogen and oxygen atoms in total. The highest BCUT2D eigenvalue weighted by Crippen LogP contribution is 2.29. The molecule has 1 amide bonds. The number of rotatable bonds is 3. The van der Waals surface area contributed by atoms with Crippen LogP contribution in [0.5, 0.6) is 0 Å². The Morgan fingerprint density at radius 1 is 1.30 bits per heavy atom. The molecule has 1 aliphatic heterocycles. The van der Waals surface area contributed by atoms with E-state index in [9.17, 15) is 14.9 Å². The summed E-state index contributed by atoms with van der Waals surface area (Å²) >= 11 is 5.79. The van der Waals surface area contributed by atoms with Crippen LogP contribution in [0, 0.1) is 10.1 Å². The maximum atomic E-state index is 12.5. The van der Waals surface area contributed by atoms with Crippen molar-refractivity contribution in [1.82, 2.24) is 10.6 Å². The van der Waals surface area contributed by atoms with E-state index in [-0.39, 0.29) is 33.4 Å². The average Bonchev–Trinajstić information content (AvgIpc) is 2.34. The smallest absolute Gasteiger partial charge is 0.283 e. The lowest BCUT2D eigenvalue weighted by atomic mass is 9.79. The molecule has 0 saturated carbocycles. The van der Waals surface area contributed by atoms with E-state index in [0.717, 1.165) is 12.8 Å². The molecule has 1 saturated heterocycles. The van der Waals surface area contributed by atoms with E-state index in [1.54, 1.807) is 0 Å². The third-order valence-corrected chi connectivity index (χ3v) is 4.16. The Bertz CT molecular complexity index is 627. The fourth-order valence-electron chi connectivity index (χ4n) is 3.54. The molecule has 1 aromatic rings. The second-order valence-corrected chi connectivity index (χ2v) is 7.83. The molecular weight excluding hydrogens is 318 g/mol. The second-order valence-electron chi connectivity index (χ2n) is 7.39. The molecule has 1 heterocycles. The van der Waals surface area contributed by atoms with E-state index in [2.05, 4.69) is 38.3 Å². The van der Waals surface area contributed by atoms with Gasteiger partial charge in [0.25, 0.3) is 11.6 Å². The number of benzene rings is 1. The fraction of sp³-hybridized carbons (Fsp3) is 0.562. The standard InChI is InChI=1S/C16H22ClN3O3/c1-15(2)8-11(9-16(3,4)19-15)18-14(21)12-6-5-10(17)7-13(12)20(22)23/h5-7,11,19H,8-9H2,1-4H3,(H,18,21). The summed E-state index contributed by atoms with van der Waals surface area (Å²) < 4.78 is 0. The Morgan fingerprint density at radius 3 is 2.39 bits per heavy atom. The average molecular weight is 340 g/mol. The Morgan fingerprint density at radius 2 is 1.87 bits per heavy atom. The van der Waals surface area contributed by atoms with Crippen molar-refractivity contribution in [2.24, 2.45) is 0 Å². The molecule has 0 spiro atoms. The van der Waals surface area contributed by atoms with Crippen molar-refractivity contribution in [3.8, 4) is 0 Å². The SMILES string of the molecule is CC1(C)CC(NC(=O)c2ccc(Cl)cc2[N+](=O)[O-])CC(C)(C)N1. The molecule has 1 aliphatic rings. The number of nitro groups is 1. The Balaban J connectivity index is 2.21. The maximum absolute atomic E-state index is 12.5. The van der Waals surface area contributed by atoms with Gasteiger partial charge in [0.2, 0.25) is 0 Å². The minimum absolute atomic E-state index is 0.0357. The van der Waals surface area contributed by atoms with Crippen LogP contribution in [0.15, 0.2) is 18.2 Å². The number of hydrogen-bond acceptors (Lipinski definition) is 4. The summed E-state index contributed by atoms with van der Waals surface area (Å²) in [5.74, 6) is -0.438. The molecule has 0 unspecified atom stereocenters. The number of nitrogens with one attached hydrogen (secondary N) is 2. The van der Waals surface area contributed by atoms with Gasteiger partial charge in [0.15, 0.2) is 0 Å². The van der Waals surface area contributed by atoms with E-state index in [4.69, 9.17) is 11.6 Å². The first-order valence-corrected chi connectivity index (χ1v) is 7.91. The lowest BCUT2D eigenvalue weighted by Crippen LogP contribution is -2.62. The zero-order valence-corrected chi connectivity index (χ0v) is 14.5. The quantitative estimate of drug-likeness (QED) is 0.653. The molecule has 2 rings (SSSR count). The molecule has 23 heavy (non-hydrogen) atoms. The highest BCUT2D eigenvalue weighted by atomic mass is 35.5. The first-order chi connectivity index (χ1) is 10.5. The van der Waals surface area contributed by atoms with Crippen molar-refractivity contribution in [1.29, 1.82) is 0 Å². The molecule has 126 valence electrons. The largest absolute Gasteiger partial charge is 0.349 e. The molecule has 0 aliphatic carbocycles. The number of carbonyl (C=O) groups excluding carboxylic acids is 1. The molecule has 1 aromatic carbocycles. The monoisotopic (exact) mass is 339 g/mol. The summed E-state index contributed by atoms with van der Waals surface area (Å²) in [5.41, 5.74) is -0.479. The van der Waals surface area contributed by atoms with Gasteiger partial charge in [0, 0.05) is 28.2 Å². The van der Waals surface area contributed by atoms with Crippen LogP contribution in [0.1, 0.15) is 50.9 Å². The highest BCUT2D eigenvalue weighted by molar-refractivity contribution is 6.31. The molecule has 0 atom stereocenters. The summed E-state index contributed by atoms with van der Waals surface area (Å²) in [4.78, 5) is 23.0. The van der Waals surface area contributed by atoms with Crippen LogP contribution in [-0.2, 0) is 0 Å². The van der Waals surface area contributed by atoms with Crippen LogP contribution in [0.3, 0.4) is 0 Å². The van der Waals surface area contributed by atoms with Crippen molar-refractivity contribution in [3.63, 3.8) is 0 Å². The van der Waals surface area contributed by atoms with Gasteiger partial charge in [-0.25, -0.2) is 0 Å². The predicted octanol–water partition coefficient (Wildman–Crippen LogP) is 3.29. The van der Waals surface area contributed by atoms with Crippen molar-refractivity contribution >= 4 is 23.2 Å². The molecule has 1 fully saturated rings. The number of nitro benzene ring substituents is 1. The van der Waals surface area contributed by atoms with Crippen LogP contribution in [-0.4, -0.2) is 28.0 Å². The summed E-state index contributed by atoms with van der Waals surface area (Å²) in [7, 11) is 0. The summed E-state index contributed by atoms with van der Waals surface area (Å²) in [6, 6.07) is 4.03. The van der Waals surface area contributed by atoms with Crippen LogP contribution in [0.2, 0.25) is 5.02 Å². The van der Waals surface area contributed by atoms with Gasteiger partial charge < -0.3 is 10.6 Å². The van der Waals surface area contributed by atoms with Crippen molar-refractivity contribution in [2.45, 2.75) is 57.7 Å². The minimum atomic E-state index is -0.586. The molecular formula is C16H22ClN3O3. The normalized spacial score (nSPS) is 20.0. The first-order valence-electron chi connectivity index (χ1n) is 7.53. The van der Waals surface area contributed by atoms with E-state index in [1.807, 2.05) is 0 Å². The van der Waals surface area contributed by atoms with E-state index in [0.29, 0.717) is 0 Å². The van der Waals surface area contributed by atoms with Crippen molar-refractivity contribution in [2.75, 3.05) is 0 Å². The van der Waals surface area contributed by atoms with Crippen LogP contribution in [0.25, 0.3) is 0 Å². The number of hydrogen-bond donors (Lipinski definition) is 2. The zero-order chi connectivity index (χ0) is 17.4. The number of piperidine rings is 1. The molecule has 7 heteroatoms. The Labute approximate surface area is 140 Å². The van der Waals surface area contributed by atoms with Crippen LogP contribution >= 0.6 is 11.6 Å². The Kier molecular flexibility index (Phi) is 4.69. The van der Waals surface area contributed by atoms with Gasteiger partial charge in [-0.1, -0.05) is 11.6 Å². The van der Waals surface area contributed by atoms with E-state index < -0.39 is 10.8 Å². The highest BCUT2D eigenvalue weighted by Gasteiger charge is 2.38. The predicted molar refractivity (Wildman–Crippen MR) is 89.9 cm³/mol. The van der Waals surface area contributed by atoms with Crippen LogP contribution < -0.4 is 10.6 Å². The molecule has 2 N–H and O–H groups in total. The van der Waals surface area contributed by atoms with Crippen molar-refractivity contribution in [3.05, 3.63) is 38.9 Å². The first kappa shape index (κ1) is 17.7. The number of carbonyl (C=O) groups is 1. The summed E-state index contributed by atoms with van der Waals surface area (Å²) in [6.45, 7) is 8.32. The van der Waals surface area contributed by atoms with Gasteiger partial charge in [-0.15, -0.1) is 0 Å². The number of nitrogens with zero attached hydrogens (tertiary/aromatic N) is 1. The third-order valence-electron chi connectivity index (χ3n) is 3.93. The summed E-state index contributed by atoms with van der Waals surface area (Å²) in [6.07, 6.45) is 1.51. The Hall–Kier alpha value is -1.66. The lowest BCUT2D eigenvalue weighted by molar-refractivity contribution is -0.385. The fourth-order valence-corrected chi connectivity index (χ4v) is 3.70. The molecule has 0 aromatic heterocycles. The number of amides is 1. The zero-order valence-electron chi connectivity index (χ0n) is 13.8. The van der Waals surface area contributed by atoms with E-state index >= 15 is 0 Å². The van der Waals surface area contributed by atoms with E-state index in [1.165, 1.54) is 18.2 Å². The van der Waals surface area contributed by atoms with Crippen LogP contribution in [0.4, 0.5) is 5.69 Å². The van der Waals surface area contributed by atoms with Gasteiger partial charge in [-0.3, -0.25) is 14.9 Å². The number of halogens is 1. The molecule has 0 bridgehead atoms. The minimum Gasteiger partial charge on any atom is -0.349 e. The molecule has 0 radical (unpaired) electrons. The second kappa shape index (κ2) is 6.09.